The zero-order valence-electron chi connectivity index (χ0n) is 12.1. The molecule has 106 valence electrons. The maximum Gasteiger partial charge on any atom is 0.273 e. The van der Waals surface area contributed by atoms with Gasteiger partial charge in [-0.05, 0) is 25.5 Å². The Morgan fingerprint density at radius 2 is 1.71 bits per heavy atom. The van der Waals surface area contributed by atoms with Gasteiger partial charge in [-0.3, -0.25) is 4.79 Å². The molecule has 21 heavy (non-hydrogen) atoms. The van der Waals surface area contributed by atoms with Gasteiger partial charge in [0.05, 0.1) is 0 Å². The molecule has 1 heterocycles. The van der Waals surface area contributed by atoms with Crippen LogP contribution in [0.3, 0.4) is 0 Å². The highest BCUT2D eigenvalue weighted by Gasteiger charge is 2.38. The molecule has 0 radical (unpaired) electrons. The van der Waals surface area contributed by atoms with Crippen molar-refractivity contribution in [1.29, 1.82) is 0 Å². The van der Waals surface area contributed by atoms with Gasteiger partial charge in [0, 0.05) is 11.3 Å². The van der Waals surface area contributed by atoms with Gasteiger partial charge in [0.15, 0.2) is 0 Å². The van der Waals surface area contributed by atoms with Crippen LogP contribution in [-0.2, 0) is 4.79 Å². The summed E-state index contributed by atoms with van der Waals surface area (Å²) >= 11 is 0. The van der Waals surface area contributed by atoms with Gasteiger partial charge in [-0.1, -0.05) is 48.5 Å². The molecule has 0 fully saturated rings. The minimum absolute atomic E-state index is 0.136. The average molecular weight is 279 g/mol. The highest BCUT2D eigenvalue weighted by Crippen LogP contribution is 2.30. The number of amidine groups is 1. The molecule has 0 saturated heterocycles. The van der Waals surface area contributed by atoms with Crippen molar-refractivity contribution < 1.29 is 4.79 Å². The van der Waals surface area contributed by atoms with Gasteiger partial charge in [0.1, 0.15) is 5.84 Å². The van der Waals surface area contributed by atoms with Crippen LogP contribution in [0.5, 0.6) is 0 Å². The van der Waals surface area contributed by atoms with Gasteiger partial charge < -0.3 is 10.6 Å². The minimum atomic E-state index is -0.963. The molecule has 1 atom stereocenters. The number of carbonyl (C=O) groups excluding carboxylic acids is 1. The van der Waals surface area contributed by atoms with Crippen molar-refractivity contribution in [2.24, 2.45) is 4.99 Å². The number of para-hydroxylation sites is 1. The molecule has 0 bridgehead atoms. The Balaban J connectivity index is 1.99. The maximum atomic E-state index is 12.1. The summed E-state index contributed by atoms with van der Waals surface area (Å²) in [5, 5.41) is 6.00. The van der Waals surface area contributed by atoms with Crippen molar-refractivity contribution in [1.82, 2.24) is 5.32 Å². The van der Waals surface area contributed by atoms with E-state index in [0.29, 0.717) is 5.84 Å². The minimum Gasteiger partial charge on any atom is -0.353 e. The summed E-state index contributed by atoms with van der Waals surface area (Å²) in [6, 6.07) is 18.0. The zero-order chi connectivity index (χ0) is 14.9. The summed E-state index contributed by atoms with van der Waals surface area (Å²) in [6.45, 7) is 3.56. The molecule has 0 saturated carbocycles. The average Bonchev–Trinajstić information content (AvgIpc) is 2.73. The Morgan fingerprint density at radius 3 is 2.38 bits per heavy atom. The molecule has 0 aromatic heterocycles. The first-order valence-electron chi connectivity index (χ1n) is 6.89. The summed E-state index contributed by atoms with van der Waals surface area (Å²) in [4.78, 5) is 16.4. The number of nitrogens with one attached hydrogen (secondary N) is 2. The van der Waals surface area contributed by atoms with Gasteiger partial charge in [-0.25, -0.2) is 4.99 Å². The molecular formula is C17H17N3O. The number of amides is 1. The summed E-state index contributed by atoms with van der Waals surface area (Å²) < 4.78 is 0. The number of rotatable bonds is 3. The molecule has 2 N–H and O–H groups in total. The fraction of sp³-hybridized carbons (Fsp3) is 0.176. The first-order chi connectivity index (χ1) is 10.1. The smallest absolute Gasteiger partial charge is 0.273 e. The van der Waals surface area contributed by atoms with Crippen LogP contribution < -0.4 is 10.6 Å². The van der Waals surface area contributed by atoms with Crippen molar-refractivity contribution in [2.45, 2.75) is 19.5 Å². The fourth-order valence-electron chi connectivity index (χ4n) is 2.51. The molecule has 2 aromatic rings. The van der Waals surface area contributed by atoms with Crippen LogP contribution in [-0.4, -0.2) is 17.4 Å². The van der Waals surface area contributed by atoms with E-state index < -0.39 is 5.66 Å². The summed E-state index contributed by atoms with van der Waals surface area (Å²) in [5.74, 6) is 0.495. The normalized spacial score (nSPS) is 20.9. The third-order valence-corrected chi connectivity index (χ3v) is 3.52. The van der Waals surface area contributed by atoms with Gasteiger partial charge in [0.25, 0.3) is 5.91 Å². The Kier molecular flexibility index (Phi) is 3.22. The van der Waals surface area contributed by atoms with Gasteiger partial charge in [-0.2, -0.15) is 0 Å². The third kappa shape index (κ3) is 2.52. The van der Waals surface area contributed by atoms with Crippen molar-refractivity contribution in [2.75, 3.05) is 5.32 Å². The van der Waals surface area contributed by atoms with E-state index in [1.165, 1.54) is 0 Å². The molecule has 2 aromatic carbocycles. The lowest BCUT2D eigenvalue weighted by molar-refractivity contribution is -0.122. The van der Waals surface area contributed by atoms with E-state index >= 15 is 0 Å². The standard InChI is InChI=1S/C17H17N3O/c1-12-18-16(21)17(2,19-12)20-15-11-7-6-10-14(15)13-8-4-3-5-9-13/h3-11,20H,1-2H3,(H,18,19,21). The molecule has 1 aliphatic heterocycles. The van der Waals surface area contributed by atoms with Crippen LogP contribution in [0.2, 0.25) is 0 Å². The molecule has 0 aliphatic carbocycles. The Labute approximate surface area is 123 Å². The molecular weight excluding hydrogens is 262 g/mol. The molecule has 4 heteroatoms. The van der Waals surface area contributed by atoms with Crippen LogP contribution in [0.1, 0.15) is 13.8 Å². The van der Waals surface area contributed by atoms with E-state index in [1.807, 2.05) is 54.6 Å². The summed E-state index contributed by atoms with van der Waals surface area (Å²) in [6.07, 6.45) is 0. The van der Waals surface area contributed by atoms with Crippen LogP contribution >= 0.6 is 0 Å². The van der Waals surface area contributed by atoms with E-state index in [-0.39, 0.29) is 5.91 Å². The fourth-order valence-corrected chi connectivity index (χ4v) is 2.51. The number of carbonyl (C=O) groups is 1. The number of nitrogens with zero attached hydrogens (tertiary/aromatic N) is 1. The monoisotopic (exact) mass is 279 g/mol. The quantitative estimate of drug-likeness (QED) is 0.907. The van der Waals surface area contributed by atoms with Crippen molar-refractivity contribution in [3.8, 4) is 11.1 Å². The molecule has 1 amide bonds. The maximum absolute atomic E-state index is 12.1. The van der Waals surface area contributed by atoms with E-state index in [4.69, 9.17) is 0 Å². The SMILES string of the molecule is CC1=NC(C)(Nc2ccccc2-c2ccccc2)C(=O)N1. The first-order valence-corrected chi connectivity index (χ1v) is 6.89. The van der Waals surface area contributed by atoms with E-state index in [0.717, 1.165) is 16.8 Å². The third-order valence-electron chi connectivity index (χ3n) is 3.52. The first kappa shape index (κ1) is 13.4. The second kappa shape index (κ2) is 5.05. The molecule has 1 aliphatic rings. The van der Waals surface area contributed by atoms with Gasteiger partial charge in [-0.15, -0.1) is 0 Å². The van der Waals surface area contributed by atoms with Crippen LogP contribution in [0.4, 0.5) is 5.69 Å². The van der Waals surface area contributed by atoms with Crippen molar-refractivity contribution in [3.05, 3.63) is 54.6 Å². The number of aliphatic imine (C=N–C) groups is 1. The molecule has 3 rings (SSSR count). The lowest BCUT2D eigenvalue weighted by Crippen LogP contribution is -2.43. The Bertz CT molecular complexity index is 709. The van der Waals surface area contributed by atoms with Crippen molar-refractivity contribution >= 4 is 17.4 Å². The van der Waals surface area contributed by atoms with Crippen LogP contribution in [0.15, 0.2) is 59.6 Å². The molecule has 1 unspecified atom stereocenters. The predicted octanol–water partition coefficient (Wildman–Crippen LogP) is 3.03. The van der Waals surface area contributed by atoms with Gasteiger partial charge >= 0.3 is 0 Å². The molecule has 4 nitrogen and oxygen atoms in total. The van der Waals surface area contributed by atoms with Crippen LogP contribution in [0, 0.1) is 0 Å². The van der Waals surface area contributed by atoms with E-state index in [9.17, 15) is 4.79 Å². The summed E-state index contributed by atoms with van der Waals surface area (Å²) in [5.41, 5.74) is 2.07. The molecule has 0 spiro atoms. The number of anilines is 1. The number of hydrogen-bond donors (Lipinski definition) is 2. The topological polar surface area (TPSA) is 53.5 Å². The second-order valence-corrected chi connectivity index (χ2v) is 5.26. The van der Waals surface area contributed by atoms with Crippen molar-refractivity contribution in [3.63, 3.8) is 0 Å². The Morgan fingerprint density at radius 1 is 1.05 bits per heavy atom. The highest BCUT2D eigenvalue weighted by molar-refractivity contribution is 6.08. The second-order valence-electron chi connectivity index (χ2n) is 5.26. The highest BCUT2D eigenvalue weighted by atomic mass is 16.2. The lowest BCUT2D eigenvalue weighted by Gasteiger charge is -2.23. The number of hydrogen-bond acceptors (Lipinski definition) is 3. The predicted molar refractivity (Wildman–Crippen MR) is 85.2 cm³/mol. The lowest BCUT2D eigenvalue weighted by atomic mass is 10.0. The van der Waals surface area contributed by atoms with E-state index in [2.05, 4.69) is 15.6 Å². The van der Waals surface area contributed by atoms with Gasteiger partial charge in [0.2, 0.25) is 5.66 Å². The number of benzene rings is 2. The summed E-state index contributed by atoms with van der Waals surface area (Å²) in [7, 11) is 0. The largest absolute Gasteiger partial charge is 0.353 e. The van der Waals surface area contributed by atoms with Crippen LogP contribution in [0.25, 0.3) is 11.1 Å². The Hall–Kier alpha value is -2.62. The van der Waals surface area contributed by atoms with E-state index in [1.54, 1.807) is 13.8 Å². The zero-order valence-corrected chi connectivity index (χ0v) is 12.1.